The van der Waals surface area contributed by atoms with Gasteiger partial charge in [-0.15, -0.1) is 0 Å². The quantitative estimate of drug-likeness (QED) is 0.409. The highest BCUT2D eigenvalue weighted by Crippen LogP contribution is 2.33. The van der Waals surface area contributed by atoms with Gasteiger partial charge in [-0.25, -0.2) is 0 Å². The van der Waals surface area contributed by atoms with Crippen molar-refractivity contribution in [1.29, 1.82) is 0 Å². The van der Waals surface area contributed by atoms with Crippen LogP contribution in [-0.4, -0.2) is 5.54 Å². The van der Waals surface area contributed by atoms with Gasteiger partial charge in [0.1, 0.15) is 0 Å². The summed E-state index contributed by atoms with van der Waals surface area (Å²) in [4.78, 5) is 0. The van der Waals surface area contributed by atoms with Crippen LogP contribution >= 0.6 is 0 Å². The lowest BCUT2D eigenvalue weighted by molar-refractivity contribution is 0.290. The highest BCUT2D eigenvalue weighted by molar-refractivity contribution is 4.91. The predicted molar refractivity (Wildman–Crippen MR) is 38.7 cm³/mol. The molecule has 2 heteroatoms. The molecule has 0 aliphatic heterocycles. The molecule has 1 aliphatic rings. The highest BCUT2D eigenvalue weighted by Gasteiger charge is 2.34. The molecule has 1 fully saturated rings. The maximum Gasteiger partial charge on any atom is 0.0318 e. The zero-order valence-electron chi connectivity index (χ0n) is 6.28. The van der Waals surface area contributed by atoms with Crippen LogP contribution in [0.1, 0.15) is 33.1 Å². The lowest BCUT2D eigenvalue weighted by atomic mass is 9.92. The van der Waals surface area contributed by atoms with E-state index in [4.69, 9.17) is 5.84 Å². The summed E-state index contributed by atoms with van der Waals surface area (Å²) in [6, 6.07) is 0. The Labute approximate surface area is 56.8 Å². The normalized spacial score (nSPS) is 43.7. The Morgan fingerprint density at radius 1 is 1.67 bits per heavy atom. The van der Waals surface area contributed by atoms with Gasteiger partial charge in [0, 0.05) is 5.54 Å². The number of hydrazine groups is 1. The van der Waals surface area contributed by atoms with E-state index in [1.165, 1.54) is 19.3 Å². The number of nitrogens with two attached hydrogens (primary N) is 1. The standard InChI is InChI=1S/C7H16N2/c1-6-4-3-5-7(6,2)9-8/h6,9H,3-5,8H2,1-2H3. The second-order valence-electron chi connectivity index (χ2n) is 3.36. The minimum atomic E-state index is 0.222. The van der Waals surface area contributed by atoms with Crippen molar-refractivity contribution in [2.45, 2.75) is 38.6 Å². The Hall–Kier alpha value is -0.0800. The molecule has 54 valence electrons. The largest absolute Gasteiger partial charge is 0.271 e. The third kappa shape index (κ3) is 1.10. The molecule has 0 saturated heterocycles. The van der Waals surface area contributed by atoms with Crippen LogP contribution in [0.3, 0.4) is 0 Å². The summed E-state index contributed by atoms with van der Waals surface area (Å²) in [6.45, 7) is 4.46. The zero-order chi connectivity index (χ0) is 6.91. The highest BCUT2D eigenvalue weighted by atomic mass is 15.3. The first kappa shape index (κ1) is 7.03. The summed E-state index contributed by atoms with van der Waals surface area (Å²) in [5.41, 5.74) is 3.11. The lowest BCUT2D eigenvalue weighted by Crippen LogP contribution is -2.48. The molecule has 2 unspecified atom stereocenters. The van der Waals surface area contributed by atoms with Crippen LogP contribution in [0.25, 0.3) is 0 Å². The van der Waals surface area contributed by atoms with Gasteiger partial charge in [-0.2, -0.15) is 0 Å². The van der Waals surface area contributed by atoms with Gasteiger partial charge in [0.15, 0.2) is 0 Å². The third-order valence-electron chi connectivity index (χ3n) is 2.75. The molecule has 2 atom stereocenters. The van der Waals surface area contributed by atoms with Crippen LogP contribution in [0.15, 0.2) is 0 Å². The van der Waals surface area contributed by atoms with Crippen molar-refractivity contribution < 1.29 is 0 Å². The summed E-state index contributed by atoms with van der Waals surface area (Å²) in [6.07, 6.45) is 3.87. The van der Waals surface area contributed by atoms with Gasteiger partial charge in [0.2, 0.25) is 0 Å². The molecule has 1 saturated carbocycles. The van der Waals surface area contributed by atoms with Crippen LogP contribution in [0.2, 0.25) is 0 Å². The van der Waals surface area contributed by atoms with Crippen molar-refractivity contribution in [3.63, 3.8) is 0 Å². The molecule has 3 N–H and O–H groups in total. The van der Waals surface area contributed by atoms with E-state index in [-0.39, 0.29) is 5.54 Å². The first-order valence-electron chi connectivity index (χ1n) is 3.67. The predicted octanol–water partition coefficient (Wildman–Crippen LogP) is 1.03. The molecule has 0 spiro atoms. The molecular weight excluding hydrogens is 112 g/mol. The average Bonchev–Trinajstić information content (AvgIpc) is 2.15. The average molecular weight is 128 g/mol. The van der Waals surface area contributed by atoms with Gasteiger partial charge in [-0.1, -0.05) is 13.3 Å². The molecule has 9 heavy (non-hydrogen) atoms. The second kappa shape index (κ2) is 2.27. The van der Waals surface area contributed by atoms with Crippen LogP contribution in [0, 0.1) is 5.92 Å². The van der Waals surface area contributed by atoms with Gasteiger partial charge >= 0.3 is 0 Å². The number of hydrogen-bond acceptors (Lipinski definition) is 2. The molecule has 1 rings (SSSR count). The maximum absolute atomic E-state index is 5.41. The summed E-state index contributed by atoms with van der Waals surface area (Å²) in [5, 5.41) is 0. The maximum atomic E-state index is 5.41. The Bertz CT molecular complexity index is 103. The molecule has 2 nitrogen and oxygen atoms in total. The van der Waals surface area contributed by atoms with E-state index in [2.05, 4.69) is 19.3 Å². The fraction of sp³-hybridized carbons (Fsp3) is 1.00. The van der Waals surface area contributed by atoms with E-state index in [0.29, 0.717) is 0 Å². The van der Waals surface area contributed by atoms with Crippen molar-refractivity contribution in [1.82, 2.24) is 5.43 Å². The Balaban J connectivity index is 2.56. The summed E-state index contributed by atoms with van der Waals surface area (Å²) >= 11 is 0. The van der Waals surface area contributed by atoms with Crippen LogP contribution in [-0.2, 0) is 0 Å². The van der Waals surface area contributed by atoms with E-state index in [0.717, 1.165) is 5.92 Å². The summed E-state index contributed by atoms with van der Waals surface area (Å²) in [7, 11) is 0. The van der Waals surface area contributed by atoms with Gasteiger partial charge in [-0.05, 0) is 25.7 Å². The first-order chi connectivity index (χ1) is 4.19. The molecule has 0 radical (unpaired) electrons. The monoisotopic (exact) mass is 128 g/mol. The van der Waals surface area contributed by atoms with Crippen molar-refractivity contribution in [3.8, 4) is 0 Å². The second-order valence-corrected chi connectivity index (χ2v) is 3.36. The van der Waals surface area contributed by atoms with E-state index in [9.17, 15) is 0 Å². The molecule has 1 aliphatic carbocycles. The van der Waals surface area contributed by atoms with Crippen molar-refractivity contribution in [2.75, 3.05) is 0 Å². The lowest BCUT2D eigenvalue weighted by Gasteiger charge is -2.27. The van der Waals surface area contributed by atoms with Crippen LogP contribution < -0.4 is 11.3 Å². The molecule has 0 aromatic rings. The Morgan fingerprint density at radius 3 is 2.56 bits per heavy atom. The third-order valence-corrected chi connectivity index (χ3v) is 2.75. The van der Waals surface area contributed by atoms with Gasteiger partial charge in [0.25, 0.3) is 0 Å². The molecule has 0 heterocycles. The molecule has 0 amide bonds. The summed E-state index contributed by atoms with van der Waals surface area (Å²) < 4.78 is 0. The minimum Gasteiger partial charge on any atom is -0.271 e. The van der Waals surface area contributed by atoms with E-state index in [1.807, 2.05) is 0 Å². The fourth-order valence-electron chi connectivity index (χ4n) is 1.55. The molecule has 0 aromatic heterocycles. The SMILES string of the molecule is CC1CCCC1(C)NN. The zero-order valence-corrected chi connectivity index (χ0v) is 6.28. The van der Waals surface area contributed by atoms with Crippen molar-refractivity contribution >= 4 is 0 Å². The van der Waals surface area contributed by atoms with Crippen molar-refractivity contribution in [3.05, 3.63) is 0 Å². The molecular formula is C7H16N2. The first-order valence-corrected chi connectivity index (χ1v) is 3.67. The number of rotatable bonds is 1. The van der Waals surface area contributed by atoms with E-state index in [1.54, 1.807) is 0 Å². The van der Waals surface area contributed by atoms with Crippen molar-refractivity contribution in [2.24, 2.45) is 11.8 Å². The number of nitrogens with one attached hydrogen (secondary N) is 1. The van der Waals surface area contributed by atoms with Gasteiger partial charge < -0.3 is 0 Å². The molecule has 0 aromatic carbocycles. The van der Waals surface area contributed by atoms with Gasteiger partial charge in [0.05, 0.1) is 0 Å². The van der Waals surface area contributed by atoms with E-state index < -0.39 is 0 Å². The Morgan fingerprint density at radius 2 is 2.33 bits per heavy atom. The van der Waals surface area contributed by atoms with Gasteiger partial charge in [-0.3, -0.25) is 11.3 Å². The molecule has 0 bridgehead atoms. The van der Waals surface area contributed by atoms with E-state index >= 15 is 0 Å². The number of hydrogen-bond donors (Lipinski definition) is 2. The fourth-order valence-corrected chi connectivity index (χ4v) is 1.55. The van der Waals surface area contributed by atoms with Crippen LogP contribution in [0.5, 0.6) is 0 Å². The minimum absolute atomic E-state index is 0.222. The van der Waals surface area contributed by atoms with Crippen LogP contribution in [0.4, 0.5) is 0 Å². The Kier molecular flexibility index (Phi) is 1.78. The summed E-state index contributed by atoms with van der Waals surface area (Å²) in [5.74, 6) is 6.15. The topological polar surface area (TPSA) is 38.0 Å². The smallest absolute Gasteiger partial charge is 0.0318 e.